The zero-order valence-corrected chi connectivity index (χ0v) is 14.5. The number of hydrogen-bond donors (Lipinski definition) is 1. The van der Waals surface area contributed by atoms with E-state index >= 15 is 0 Å². The number of hydrogen-bond acceptors (Lipinski definition) is 3. The molecule has 1 aliphatic carbocycles. The monoisotopic (exact) mass is 368 g/mol. The van der Waals surface area contributed by atoms with E-state index < -0.39 is 11.6 Å². The number of halogens is 2. The molecule has 2 aromatic heterocycles. The van der Waals surface area contributed by atoms with Crippen molar-refractivity contribution in [3.63, 3.8) is 0 Å². The molecule has 4 rings (SSSR count). The largest absolute Gasteiger partial charge is 0.309 e. The number of anilines is 1. The Kier molecular flexibility index (Phi) is 4.66. The van der Waals surface area contributed by atoms with E-state index in [1.165, 1.54) is 18.9 Å². The predicted molar refractivity (Wildman–Crippen MR) is 96.2 cm³/mol. The van der Waals surface area contributed by atoms with Crippen LogP contribution in [0.5, 0.6) is 0 Å². The van der Waals surface area contributed by atoms with Crippen molar-refractivity contribution >= 4 is 11.7 Å². The van der Waals surface area contributed by atoms with Gasteiger partial charge in [0.25, 0.3) is 0 Å². The summed E-state index contributed by atoms with van der Waals surface area (Å²) >= 11 is 0. The van der Waals surface area contributed by atoms with Gasteiger partial charge in [0.1, 0.15) is 0 Å². The van der Waals surface area contributed by atoms with Crippen LogP contribution in [0.25, 0.3) is 0 Å². The first-order valence-corrected chi connectivity index (χ1v) is 8.79. The van der Waals surface area contributed by atoms with Gasteiger partial charge in [-0.05, 0) is 42.2 Å². The van der Waals surface area contributed by atoms with Crippen LogP contribution in [0, 0.1) is 11.6 Å². The van der Waals surface area contributed by atoms with Gasteiger partial charge in [0.2, 0.25) is 5.91 Å². The van der Waals surface area contributed by atoms with E-state index in [1.54, 1.807) is 23.1 Å². The lowest BCUT2D eigenvalue weighted by molar-refractivity contribution is -0.115. The van der Waals surface area contributed by atoms with Crippen LogP contribution in [-0.2, 0) is 17.8 Å². The molecule has 1 N–H and O–H groups in total. The summed E-state index contributed by atoms with van der Waals surface area (Å²) in [4.78, 5) is 16.6. The van der Waals surface area contributed by atoms with Crippen molar-refractivity contribution in [2.24, 2.45) is 0 Å². The zero-order valence-electron chi connectivity index (χ0n) is 14.5. The summed E-state index contributed by atoms with van der Waals surface area (Å²) in [5.74, 6) is -0.966. The second-order valence-corrected chi connectivity index (χ2v) is 6.74. The van der Waals surface area contributed by atoms with Crippen molar-refractivity contribution < 1.29 is 13.6 Å². The Morgan fingerprint density at radius 1 is 1.11 bits per heavy atom. The Hall–Kier alpha value is -3.09. The highest BCUT2D eigenvalue weighted by Crippen LogP contribution is 2.38. The highest BCUT2D eigenvalue weighted by Gasteiger charge is 2.24. The summed E-state index contributed by atoms with van der Waals surface area (Å²) in [6, 6.07) is 9.29. The number of amides is 1. The highest BCUT2D eigenvalue weighted by atomic mass is 19.2. The van der Waals surface area contributed by atoms with E-state index in [2.05, 4.69) is 15.4 Å². The maximum atomic E-state index is 13.3. The van der Waals surface area contributed by atoms with Crippen LogP contribution < -0.4 is 5.32 Å². The van der Waals surface area contributed by atoms with Gasteiger partial charge >= 0.3 is 0 Å². The van der Waals surface area contributed by atoms with Crippen LogP contribution in [0.2, 0.25) is 0 Å². The van der Waals surface area contributed by atoms with E-state index in [-0.39, 0.29) is 18.9 Å². The smallest absolute Gasteiger partial charge is 0.230 e. The Balaban J connectivity index is 1.33. The lowest BCUT2D eigenvalue weighted by Gasteiger charge is -2.04. The highest BCUT2D eigenvalue weighted by molar-refractivity contribution is 5.91. The number of rotatable bonds is 6. The fraction of sp³-hybridized carbons (Fsp3) is 0.250. The van der Waals surface area contributed by atoms with Crippen molar-refractivity contribution in [3.05, 3.63) is 77.2 Å². The van der Waals surface area contributed by atoms with Crippen molar-refractivity contribution in [1.29, 1.82) is 0 Å². The van der Waals surface area contributed by atoms with Crippen molar-refractivity contribution in [2.75, 3.05) is 5.32 Å². The molecule has 1 amide bonds. The SMILES string of the molecule is O=C(Cc1ccc(C2CC2)nc1)Nc1ccn(Cc2ccc(F)c(F)c2)n1. The molecule has 1 aromatic carbocycles. The molecule has 0 unspecified atom stereocenters. The fourth-order valence-corrected chi connectivity index (χ4v) is 2.87. The maximum absolute atomic E-state index is 13.3. The summed E-state index contributed by atoms with van der Waals surface area (Å²) in [5.41, 5.74) is 2.52. The maximum Gasteiger partial charge on any atom is 0.230 e. The molecule has 1 aliphatic rings. The molecular weight excluding hydrogens is 350 g/mol. The molecule has 0 saturated heterocycles. The van der Waals surface area contributed by atoms with Gasteiger partial charge in [-0.25, -0.2) is 8.78 Å². The van der Waals surface area contributed by atoms with Gasteiger partial charge in [-0.15, -0.1) is 0 Å². The minimum absolute atomic E-state index is 0.186. The van der Waals surface area contributed by atoms with Crippen LogP contribution >= 0.6 is 0 Å². The number of carbonyl (C=O) groups is 1. The molecule has 27 heavy (non-hydrogen) atoms. The fourth-order valence-electron chi connectivity index (χ4n) is 2.87. The molecule has 7 heteroatoms. The molecule has 1 fully saturated rings. The van der Waals surface area contributed by atoms with Gasteiger partial charge in [-0.2, -0.15) is 5.10 Å². The molecule has 1 saturated carbocycles. The van der Waals surface area contributed by atoms with Crippen LogP contribution in [0.4, 0.5) is 14.6 Å². The second kappa shape index (κ2) is 7.26. The topological polar surface area (TPSA) is 59.8 Å². The molecule has 0 atom stereocenters. The van der Waals surface area contributed by atoms with Gasteiger partial charge in [0, 0.05) is 30.1 Å². The van der Waals surface area contributed by atoms with E-state index in [1.807, 2.05) is 12.1 Å². The molecule has 3 aromatic rings. The summed E-state index contributed by atoms with van der Waals surface area (Å²) < 4.78 is 27.8. The summed E-state index contributed by atoms with van der Waals surface area (Å²) in [6.07, 6.45) is 6.02. The van der Waals surface area contributed by atoms with Gasteiger partial charge in [-0.1, -0.05) is 12.1 Å². The first-order valence-electron chi connectivity index (χ1n) is 8.79. The van der Waals surface area contributed by atoms with Crippen molar-refractivity contribution in [1.82, 2.24) is 14.8 Å². The molecule has 0 bridgehead atoms. The Bertz CT molecular complexity index is 964. The Labute approximate surface area is 155 Å². The zero-order chi connectivity index (χ0) is 18.8. The molecule has 0 aliphatic heterocycles. The molecular formula is C20H18F2N4O. The Morgan fingerprint density at radius 3 is 2.63 bits per heavy atom. The molecule has 138 valence electrons. The molecule has 0 radical (unpaired) electrons. The number of benzene rings is 1. The number of aromatic nitrogens is 3. The average Bonchev–Trinajstić information content (AvgIpc) is 3.40. The van der Waals surface area contributed by atoms with E-state index in [0.29, 0.717) is 17.3 Å². The van der Waals surface area contributed by atoms with Gasteiger partial charge < -0.3 is 5.32 Å². The first kappa shape index (κ1) is 17.3. The first-order chi connectivity index (χ1) is 13.1. The third-order valence-corrected chi connectivity index (χ3v) is 4.44. The third-order valence-electron chi connectivity index (χ3n) is 4.44. The van der Waals surface area contributed by atoms with E-state index in [4.69, 9.17) is 0 Å². The number of nitrogens with zero attached hydrogens (tertiary/aromatic N) is 3. The summed E-state index contributed by atoms with van der Waals surface area (Å²) in [5, 5.41) is 6.97. The summed E-state index contributed by atoms with van der Waals surface area (Å²) in [7, 11) is 0. The van der Waals surface area contributed by atoms with E-state index in [9.17, 15) is 13.6 Å². The minimum Gasteiger partial charge on any atom is -0.309 e. The normalized spacial score (nSPS) is 13.6. The Morgan fingerprint density at radius 2 is 1.93 bits per heavy atom. The van der Waals surface area contributed by atoms with Gasteiger partial charge in [-0.3, -0.25) is 14.5 Å². The third kappa shape index (κ3) is 4.36. The lowest BCUT2D eigenvalue weighted by Crippen LogP contribution is -2.15. The van der Waals surface area contributed by atoms with Crippen LogP contribution in [0.15, 0.2) is 48.8 Å². The van der Waals surface area contributed by atoms with Crippen molar-refractivity contribution in [2.45, 2.75) is 31.7 Å². The number of carbonyl (C=O) groups excluding carboxylic acids is 1. The van der Waals surface area contributed by atoms with Gasteiger partial charge in [0.05, 0.1) is 13.0 Å². The predicted octanol–water partition coefficient (Wildman–Crippen LogP) is 3.66. The second-order valence-electron chi connectivity index (χ2n) is 6.74. The van der Waals surface area contributed by atoms with Crippen LogP contribution in [0.1, 0.15) is 35.6 Å². The minimum atomic E-state index is -0.894. The quantitative estimate of drug-likeness (QED) is 0.722. The number of pyridine rings is 1. The molecule has 5 nitrogen and oxygen atoms in total. The summed E-state index contributed by atoms with van der Waals surface area (Å²) in [6.45, 7) is 0.277. The van der Waals surface area contributed by atoms with Crippen molar-refractivity contribution in [3.8, 4) is 0 Å². The lowest BCUT2D eigenvalue weighted by atomic mass is 10.1. The van der Waals surface area contributed by atoms with Crippen LogP contribution in [0.3, 0.4) is 0 Å². The molecule has 0 spiro atoms. The molecule has 2 heterocycles. The number of nitrogens with one attached hydrogen (secondary N) is 1. The van der Waals surface area contributed by atoms with Gasteiger partial charge in [0.15, 0.2) is 17.5 Å². The average molecular weight is 368 g/mol. The van der Waals surface area contributed by atoms with Crippen LogP contribution in [-0.4, -0.2) is 20.7 Å². The standard InChI is InChI=1S/C20H18F2N4O/c21-16-5-1-14(9-17(16)22)12-26-8-7-19(25-26)24-20(27)10-13-2-6-18(23-11-13)15-3-4-15/h1-2,5-9,11,15H,3-4,10,12H2,(H,24,25,27). The van der Waals surface area contributed by atoms with E-state index in [0.717, 1.165) is 23.4 Å².